The van der Waals surface area contributed by atoms with E-state index >= 15 is 0 Å². The van der Waals surface area contributed by atoms with Crippen molar-refractivity contribution >= 4 is 6.03 Å². The zero-order valence-electron chi connectivity index (χ0n) is 13.3. The average molecular weight is 298 g/mol. The first kappa shape index (κ1) is 14.7. The van der Waals surface area contributed by atoms with E-state index < -0.39 is 6.23 Å². The number of amides is 2. The van der Waals surface area contributed by atoms with Crippen LogP contribution in [0.2, 0.25) is 0 Å². The molecule has 0 bridgehead atoms. The first-order valence-electron chi connectivity index (χ1n) is 7.62. The number of allylic oxidation sites excluding steroid dienone is 2. The van der Waals surface area contributed by atoms with Gasteiger partial charge in [-0.25, -0.2) is 4.79 Å². The maximum absolute atomic E-state index is 12.8. The lowest BCUT2D eigenvalue weighted by atomic mass is 9.99. The summed E-state index contributed by atoms with van der Waals surface area (Å²) in [4.78, 5) is 16.4. The molecule has 2 heterocycles. The highest BCUT2D eigenvalue weighted by atomic mass is 16.5. The molecule has 4 heteroatoms. The van der Waals surface area contributed by atoms with Crippen LogP contribution in [0.4, 0.5) is 4.79 Å². The van der Waals surface area contributed by atoms with Gasteiger partial charge in [-0.1, -0.05) is 36.9 Å². The summed E-state index contributed by atoms with van der Waals surface area (Å²) in [5.41, 5.74) is 2.04. The molecule has 1 aromatic rings. The molecule has 116 valence electrons. The lowest BCUT2D eigenvalue weighted by Gasteiger charge is -2.36. The van der Waals surface area contributed by atoms with Crippen molar-refractivity contribution in [2.75, 3.05) is 7.05 Å². The predicted molar refractivity (Wildman–Crippen MR) is 86.0 cm³/mol. The van der Waals surface area contributed by atoms with Crippen LogP contribution >= 0.6 is 0 Å². The monoisotopic (exact) mass is 298 g/mol. The Morgan fingerprint density at radius 3 is 2.64 bits per heavy atom. The van der Waals surface area contributed by atoms with Crippen LogP contribution in [0.1, 0.15) is 31.9 Å². The number of hydrogen-bond donors (Lipinski definition) is 0. The molecular formula is C18H22N2O2. The van der Waals surface area contributed by atoms with Gasteiger partial charge in [0, 0.05) is 7.05 Å². The van der Waals surface area contributed by atoms with Crippen LogP contribution in [0, 0.1) is 0 Å². The third kappa shape index (κ3) is 2.28. The van der Waals surface area contributed by atoms with Crippen molar-refractivity contribution in [3.8, 4) is 0 Å². The van der Waals surface area contributed by atoms with Gasteiger partial charge in [0.15, 0.2) is 6.23 Å². The minimum absolute atomic E-state index is 0.0118. The van der Waals surface area contributed by atoms with E-state index in [1.807, 2.05) is 43.1 Å². The highest BCUT2D eigenvalue weighted by Gasteiger charge is 2.47. The molecular weight excluding hydrogens is 276 g/mol. The van der Waals surface area contributed by atoms with Gasteiger partial charge < -0.3 is 9.64 Å². The van der Waals surface area contributed by atoms with E-state index in [4.69, 9.17) is 4.74 Å². The van der Waals surface area contributed by atoms with Gasteiger partial charge in [0.1, 0.15) is 0 Å². The summed E-state index contributed by atoms with van der Waals surface area (Å²) >= 11 is 0. The Morgan fingerprint density at radius 2 is 1.95 bits per heavy atom. The van der Waals surface area contributed by atoms with Gasteiger partial charge in [-0.15, -0.1) is 0 Å². The molecule has 3 rings (SSSR count). The van der Waals surface area contributed by atoms with Crippen molar-refractivity contribution < 1.29 is 9.53 Å². The predicted octanol–water partition coefficient (Wildman–Crippen LogP) is 3.69. The number of urea groups is 1. The Bertz CT molecular complexity index is 623. The molecule has 1 fully saturated rings. The van der Waals surface area contributed by atoms with Crippen LogP contribution in [0.15, 0.2) is 54.3 Å². The summed E-state index contributed by atoms with van der Waals surface area (Å²) in [6, 6.07) is 10.2. The number of ether oxygens (including phenoxy) is 1. The average Bonchev–Trinajstić information content (AvgIpc) is 2.75. The number of nitrogens with zero attached hydrogens (tertiary/aromatic N) is 2. The molecule has 0 aliphatic carbocycles. The van der Waals surface area contributed by atoms with Gasteiger partial charge in [0.25, 0.3) is 0 Å². The van der Waals surface area contributed by atoms with E-state index in [0.717, 1.165) is 23.3 Å². The van der Waals surface area contributed by atoms with Gasteiger partial charge in [0.05, 0.1) is 17.8 Å². The highest BCUT2D eigenvalue weighted by molar-refractivity contribution is 5.78. The maximum Gasteiger partial charge on any atom is 0.323 e. The Kier molecular flexibility index (Phi) is 3.69. The van der Waals surface area contributed by atoms with E-state index in [-0.39, 0.29) is 18.1 Å². The van der Waals surface area contributed by atoms with Crippen molar-refractivity contribution in [1.82, 2.24) is 9.80 Å². The molecule has 0 spiro atoms. The summed E-state index contributed by atoms with van der Waals surface area (Å²) in [6.07, 6.45) is 2.36. The second-order valence-corrected chi connectivity index (χ2v) is 6.04. The van der Waals surface area contributed by atoms with E-state index in [2.05, 4.69) is 25.6 Å². The minimum atomic E-state index is -0.393. The van der Waals surface area contributed by atoms with Crippen LogP contribution in [0.5, 0.6) is 0 Å². The SMILES string of the molecule is C=C1CC=C(C)O[C@@H]1N1C(=O)N(C)[C@@H](C)[C@H]1c1ccccc1. The summed E-state index contributed by atoms with van der Waals surface area (Å²) in [5.74, 6) is 0.846. The molecule has 0 saturated carbocycles. The number of hydrogen-bond acceptors (Lipinski definition) is 2. The zero-order valence-corrected chi connectivity index (χ0v) is 13.3. The van der Waals surface area contributed by atoms with Crippen LogP contribution in [0.3, 0.4) is 0 Å². The third-order valence-corrected chi connectivity index (χ3v) is 4.58. The Hall–Kier alpha value is -2.23. The molecule has 0 unspecified atom stereocenters. The number of likely N-dealkylation sites (N-methyl/N-ethyl adjacent to an activating group) is 1. The van der Waals surface area contributed by atoms with Crippen LogP contribution in [0.25, 0.3) is 0 Å². The molecule has 3 atom stereocenters. The van der Waals surface area contributed by atoms with Crippen molar-refractivity contribution in [3.05, 3.63) is 59.9 Å². The molecule has 0 N–H and O–H groups in total. The van der Waals surface area contributed by atoms with Crippen molar-refractivity contribution in [3.63, 3.8) is 0 Å². The lowest BCUT2D eigenvalue weighted by Crippen LogP contribution is -2.43. The fourth-order valence-corrected chi connectivity index (χ4v) is 3.19. The lowest BCUT2D eigenvalue weighted by molar-refractivity contribution is 0.00938. The summed E-state index contributed by atoms with van der Waals surface area (Å²) in [7, 11) is 1.84. The molecule has 2 aliphatic rings. The summed E-state index contributed by atoms with van der Waals surface area (Å²) in [5, 5.41) is 0. The van der Waals surface area contributed by atoms with Gasteiger partial charge in [-0.3, -0.25) is 4.90 Å². The smallest absolute Gasteiger partial charge is 0.323 e. The second-order valence-electron chi connectivity index (χ2n) is 6.04. The third-order valence-electron chi connectivity index (χ3n) is 4.58. The summed E-state index contributed by atoms with van der Waals surface area (Å²) in [6.45, 7) is 8.10. The molecule has 2 amide bonds. The Labute approximate surface area is 131 Å². The van der Waals surface area contributed by atoms with E-state index in [9.17, 15) is 4.79 Å². The van der Waals surface area contributed by atoms with Crippen LogP contribution < -0.4 is 0 Å². The van der Waals surface area contributed by atoms with Crippen molar-refractivity contribution in [1.29, 1.82) is 0 Å². The Morgan fingerprint density at radius 1 is 1.27 bits per heavy atom. The standard InChI is InChI=1S/C18H22N2O2/c1-12-10-11-13(2)22-17(12)20-16(14(3)19(4)18(20)21)15-8-6-5-7-9-15/h5-9,11,14,16-17H,1,10H2,2-4H3/t14-,16-,17-/m0/s1. The Balaban J connectivity index is 2.01. The fourth-order valence-electron chi connectivity index (χ4n) is 3.19. The molecule has 1 aromatic carbocycles. The molecule has 22 heavy (non-hydrogen) atoms. The van der Waals surface area contributed by atoms with Crippen LogP contribution in [-0.4, -0.2) is 35.1 Å². The van der Waals surface area contributed by atoms with E-state index in [1.54, 1.807) is 4.90 Å². The normalized spacial score (nSPS) is 28.7. The number of carbonyl (C=O) groups excluding carboxylic acids is 1. The largest absolute Gasteiger partial charge is 0.471 e. The van der Waals surface area contributed by atoms with Crippen molar-refractivity contribution in [2.24, 2.45) is 0 Å². The molecule has 4 nitrogen and oxygen atoms in total. The van der Waals surface area contributed by atoms with Gasteiger partial charge in [-0.2, -0.15) is 0 Å². The molecule has 2 aliphatic heterocycles. The molecule has 1 saturated heterocycles. The zero-order chi connectivity index (χ0) is 15.9. The number of carbonyl (C=O) groups is 1. The topological polar surface area (TPSA) is 32.8 Å². The number of rotatable bonds is 2. The summed E-state index contributed by atoms with van der Waals surface area (Å²) < 4.78 is 5.94. The van der Waals surface area contributed by atoms with Gasteiger partial charge in [0.2, 0.25) is 0 Å². The van der Waals surface area contributed by atoms with E-state index in [0.29, 0.717) is 0 Å². The first-order chi connectivity index (χ1) is 10.5. The van der Waals surface area contributed by atoms with Crippen molar-refractivity contribution in [2.45, 2.75) is 38.6 Å². The first-order valence-corrected chi connectivity index (χ1v) is 7.62. The molecule has 0 radical (unpaired) electrons. The van der Waals surface area contributed by atoms with Crippen LogP contribution in [-0.2, 0) is 4.74 Å². The van der Waals surface area contributed by atoms with E-state index in [1.165, 1.54) is 0 Å². The number of benzene rings is 1. The maximum atomic E-state index is 12.8. The van der Waals surface area contributed by atoms with Gasteiger partial charge in [-0.05, 0) is 37.5 Å². The molecule has 0 aromatic heterocycles. The minimum Gasteiger partial charge on any atom is -0.471 e. The fraction of sp³-hybridized carbons (Fsp3) is 0.389. The highest BCUT2D eigenvalue weighted by Crippen LogP contribution is 2.39. The van der Waals surface area contributed by atoms with Gasteiger partial charge >= 0.3 is 6.03 Å². The quantitative estimate of drug-likeness (QED) is 0.780. The second kappa shape index (κ2) is 5.52.